The lowest BCUT2D eigenvalue weighted by atomic mass is 10.1. The Labute approximate surface area is 192 Å². The first-order valence-corrected chi connectivity index (χ1v) is 11.3. The van der Waals surface area contributed by atoms with Crippen molar-refractivity contribution in [3.63, 3.8) is 0 Å². The van der Waals surface area contributed by atoms with E-state index in [9.17, 15) is 13.2 Å². The van der Waals surface area contributed by atoms with Crippen LogP contribution >= 0.6 is 0 Å². The Morgan fingerprint density at radius 1 is 1.06 bits per heavy atom. The minimum absolute atomic E-state index is 0.192. The Balaban J connectivity index is 2.26. The van der Waals surface area contributed by atoms with Gasteiger partial charge in [-0.3, -0.25) is 0 Å². The number of nitrogens with one attached hydrogen (secondary N) is 1. The standard InChI is InChI=1S/C22H26N2O8S/c1-29-16-11-19(30-2)17(20(12-16)31-3)7-9-33(27,28)14-15-10-18(22(32-4)24-13-15)23-8-5-6-21(25)26/h5-7,9-13,23H,8,14H2,1-4H3,(H,25,26)/b6-5?,9-7+. The number of aromatic nitrogens is 1. The number of nitrogens with zero attached hydrogens (tertiary/aromatic N) is 1. The molecule has 2 rings (SSSR count). The SMILES string of the molecule is COc1cc(OC)c(/C=C/S(=O)(=O)Cc2cnc(OC)c(NCC=CC(=O)O)c2)c(OC)c1. The first-order chi connectivity index (χ1) is 15.7. The molecule has 1 aromatic carbocycles. The number of pyridine rings is 1. The largest absolute Gasteiger partial charge is 0.496 e. The van der Waals surface area contributed by atoms with Gasteiger partial charge in [0.25, 0.3) is 0 Å². The Morgan fingerprint density at radius 3 is 2.27 bits per heavy atom. The van der Waals surface area contributed by atoms with Gasteiger partial charge in [-0.1, -0.05) is 6.08 Å². The second-order valence-electron chi connectivity index (χ2n) is 6.58. The smallest absolute Gasteiger partial charge is 0.328 e. The summed E-state index contributed by atoms with van der Waals surface area (Å²) in [6.07, 6.45) is 5.20. The number of rotatable bonds is 12. The molecule has 0 aliphatic heterocycles. The molecular formula is C22H26N2O8S. The Hall–Kier alpha value is -3.73. The van der Waals surface area contributed by atoms with Crippen LogP contribution in [0, 0.1) is 0 Å². The molecule has 1 heterocycles. The number of benzene rings is 1. The van der Waals surface area contributed by atoms with Crippen LogP contribution in [-0.4, -0.2) is 59.5 Å². The molecule has 2 N–H and O–H groups in total. The van der Waals surface area contributed by atoms with Crippen molar-refractivity contribution in [3.8, 4) is 23.1 Å². The Bertz CT molecular complexity index is 1120. The van der Waals surface area contributed by atoms with Crippen LogP contribution in [0.3, 0.4) is 0 Å². The van der Waals surface area contributed by atoms with Crippen LogP contribution in [0.25, 0.3) is 6.08 Å². The van der Waals surface area contributed by atoms with Crippen LogP contribution in [-0.2, 0) is 20.4 Å². The van der Waals surface area contributed by atoms with Crippen molar-refractivity contribution in [2.45, 2.75) is 5.75 Å². The second-order valence-corrected chi connectivity index (χ2v) is 8.46. The van der Waals surface area contributed by atoms with E-state index >= 15 is 0 Å². The maximum Gasteiger partial charge on any atom is 0.328 e. The summed E-state index contributed by atoms with van der Waals surface area (Å²) >= 11 is 0. The first-order valence-electron chi connectivity index (χ1n) is 9.60. The molecule has 178 valence electrons. The molecule has 0 bridgehead atoms. The molecule has 11 heteroatoms. The van der Waals surface area contributed by atoms with Gasteiger partial charge in [0.2, 0.25) is 5.88 Å². The van der Waals surface area contributed by atoms with Gasteiger partial charge in [-0.25, -0.2) is 18.2 Å². The molecule has 2 aromatic rings. The fourth-order valence-corrected chi connectivity index (χ4v) is 3.90. The van der Waals surface area contributed by atoms with E-state index in [0.717, 1.165) is 11.5 Å². The summed E-state index contributed by atoms with van der Waals surface area (Å²) in [5.41, 5.74) is 1.30. The number of anilines is 1. The molecule has 0 atom stereocenters. The summed E-state index contributed by atoms with van der Waals surface area (Å²) < 4.78 is 46.5. The van der Waals surface area contributed by atoms with Gasteiger partial charge < -0.3 is 29.4 Å². The number of sulfone groups is 1. The molecule has 0 radical (unpaired) electrons. The summed E-state index contributed by atoms with van der Waals surface area (Å²) in [6, 6.07) is 4.83. The zero-order valence-electron chi connectivity index (χ0n) is 18.7. The second kappa shape index (κ2) is 11.8. The number of hydrogen-bond acceptors (Lipinski definition) is 9. The average Bonchev–Trinajstić information content (AvgIpc) is 2.79. The Kier molecular flexibility index (Phi) is 9.10. The molecule has 33 heavy (non-hydrogen) atoms. The molecule has 0 fully saturated rings. The minimum atomic E-state index is -3.69. The van der Waals surface area contributed by atoms with Crippen molar-refractivity contribution in [2.75, 3.05) is 40.3 Å². The van der Waals surface area contributed by atoms with Crippen molar-refractivity contribution in [3.05, 3.63) is 53.1 Å². The van der Waals surface area contributed by atoms with Crippen LogP contribution in [0.15, 0.2) is 42.0 Å². The molecule has 0 unspecified atom stereocenters. The summed E-state index contributed by atoms with van der Waals surface area (Å²) in [7, 11) is 2.16. The van der Waals surface area contributed by atoms with Gasteiger partial charge in [0, 0.05) is 36.4 Å². The molecule has 0 spiro atoms. The number of carboxylic acids is 1. The molecule has 0 saturated carbocycles. The van der Waals surface area contributed by atoms with E-state index in [-0.39, 0.29) is 18.2 Å². The van der Waals surface area contributed by atoms with Crippen LogP contribution < -0.4 is 24.3 Å². The van der Waals surface area contributed by atoms with Crippen molar-refractivity contribution < 1.29 is 37.3 Å². The highest BCUT2D eigenvalue weighted by molar-refractivity contribution is 7.93. The van der Waals surface area contributed by atoms with E-state index in [4.69, 9.17) is 24.1 Å². The lowest BCUT2D eigenvalue weighted by Crippen LogP contribution is -2.06. The fourth-order valence-electron chi connectivity index (χ4n) is 2.84. The summed E-state index contributed by atoms with van der Waals surface area (Å²) in [4.78, 5) is 14.7. The normalized spacial score (nSPS) is 11.5. The molecule has 0 saturated heterocycles. The van der Waals surface area contributed by atoms with Gasteiger partial charge >= 0.3 is 5.97 Å². The van der Waals surface area contributed by atoms with Gasteiger partial charge in [-0.05, 0) is 17.7 Å². The van der Waals surface area contributed by atoms with Crippen molar-refractivity contribution in [1.29, 1.82) is 0 Å². The number of ether oxygens (including phenoxy) is 4. The van der Waals surface area contributed by atoms with E-state index in [0.29, 0.717) is 34.1 Å². The number of hydrogen-bond donors (Lipinski definition) is 2. The van der Waals surface area contributed by atoms with Gasteiger partial charge in [0.1, 0.15) is 17.2 Å². The highest BCUT2D eigenvalue weighted by Crippen LogP contribution is 2.35. The molecule has 1 aromatic heterocycles. The van der Waals surface area contributed by atoms with Crippen LogP contribution in [0.2, 0.25) is 0 Å². The molecular weight excluding hydrogens is 452 g/mol. The maximum absolute atomic E-state index is 12.7. The molecule has 10 nitrogen and oxygen atoms in total. The van der Waals surface area contributed by atoms with Gasteiger partial charge in [-0.2, -0.15) is 0 Å². The van der Waals surface area contributed by atoms with Crippen LogP contribution in [0.4, 0.5) is 5.69 Å². The van der Waals surface area contributed by atoms with Crippen molar-refractivity contribution >= 4 is 27.6 Å². The predicted molar refractivity (Wildman–Crippen MR) is 124 cm³/mol. The van der Waals surface area contributed by atoms with E-state index in [1.807, 2.05) is 0 Å². The number of methoxy groups -OCH3 is 4. The van der Waals surface area contributed by atoms with Gasteiger partial charge in [0.15, 0.2) is 9.84 Å². The summed E-state index contributed by atoms with van der Waals surface area (Å²) in [5, 5.41) is 12.7. The zero-order chi connectivity index (χ0) is 24.4. The first kappa shape index (κ1) is 25.5. The molecule has 0 aliphatic carbocycles. The minimum Gasteiger partial charge on any atom is -0.496 e. The summed E-state index contributed by atoms with van der Waals surface area (Å²) in [6.45, 7) is 0.192. The zero-order valence-corrected chi connectivity index (χ0v) is 19.5. The van der Waals surface area contributed by atoms with Crippen molar-refractivity contribution in [1.82, 2.24) is 4.98 Å². The Morgan fingerprint density at radius 2 is 1.73 bits per heavy atom. The molecule has 0 aliphatic rings. The lowest BCUT2D eigenvalue weighted by molar-refractivity contribution is -0.131. The number of aliphatic carboxylic acids is 1. The third-order valence-corrected chi connectivity index (χ3v) is 5.62. The lowest BCUT2D eigenvalue weighted by Gasteiger charge is -2.12. The van der Waals surface area contributed by atoms with E-state index in [1.54, 1.807) is 18.2 Å². The monoisotopic (exact) mass is 478 g/mol. The van der Waals surface area contributed by atoms with Crippen molar-refractivity contribution in [2.24, 2.45) is 0 Å². The van der Waals surface area contributed by atoms with E-state index < -0.39 is 15.8 Å². The van der Waals surface area contributed by atoms with Gasteiger partial charge in [-0.15, -0.1) is 0 Å². The van der Waals surface area contributed by atoms with E-state index in [1.165, 1.54) is 46.8 Å². The van der Waals surface area contributed by atoms with E-state index in [2.05, 4.69) is 10.3 Å². The van der Waals surface area contributed by atoms with Crippen LogP contribution in [0.5, 0.6) is 23.1 Å². The number of carbonyl (C=O) groups is 1. The number of carboxylic acid groups (broad SMARTS) is 1. The molecule has 0 amide bonds. The van der Waals surface area contributed by atoms with Gasteiger partial charge in [0.05, 0.1) is 45.4 Å². The third-order valence-electron chi connectivity index (χ3n) is 4.33. The fraction of sp³-hybridized carbons (Fsp3) is 0.273. The predicted octanol–water partition coefficient (Wildman–Crippen LogP) is 2.75. The quantitative estimate of drug-likeness (QED) is 0.439. The third kappa shape index (κ3) is 7.42. The topological polar surface area (TPSA) is 133 Å². The maximum atomic E-state index is 12.7. The summed E-state index contributed by atoms with van der Waals surface area (Å²) in [5.74, 6) is 0.156. The average molecular weight is 479 g/mol. The highest BCUT2D eigenvalue weighted by Gasteiger charge is 2.15. The van der Waals surface area contributed by atoms with Crippen LogP contribution in [0.1, 0.15) is 11.1 Å². The highest BCUT2D eigenvalue weighted by atomic mass is 32.2.